The van der Waals surface area contributed by atoms with Crippen LogP contribution in [0.1, 0.15) is 17.5 Å². The van der Waals surface area contributed by atoms with Crippen molar-refractivity contribution in [3.63, 3.8) is 0 Å². The first-order valence-corrected chi connectivity index (χ1v) is 10.6. The number of pyridine rings is 1. The Balaban J connectivity index is 1.36. The molecule has 0 saturated carbocycles. The number of hydrogen-bond donors (Lipinski definition) is 1. The number of nitriles is 1. The lowest BCUT2D eigenvalue weighted by molar-refractivity contribution is 0.174. The number of anilines is 2. The van der Waals surface area contributed by atoms with Gasteiger partial charge in [0.05, 0.1) is 11.1 Å². The molecule has 3 heterocycles. The summed E-state index contributed by atoms with van der Waals surface area (Å²) in [5.74, 6) is 1.97. The topological polar surface area (TPSA) is 90.7 Å². The first-order valence-electron chi connectivity index (χ1n) is 10.6. The summed E-state index contributed by atoms with van der Waals surface area (Å²) >= 11 is 0. The standard InChI is InChI=1S/C24H23N5O3/c1-16-5-2-3-6-19(16)27-24(30)29-8-4-7-28(9-10-29)23-18(14-25)11-17-12-21-22(32-15-31-21)13-20(17)26-23/h2-3,5-6,11-13H,4,7-10,15H2,1H3,(H,27,30). The van der Waals surface area contributed by atoms with Crippen molar-refractivity contribution in [2.45, 2.75) is 13.3 Å². The average molecular weight is 429 g/mol. The number of aromatic nitrogens is 1. The summed E-state index contributed by atoms with van der Waals surface area (Å²) < 4.78 is 10.9. The summed E-state index contributed by atoms with van der Waals surface area (Å²) in [5.41, 5.74) is 3.10. The van der Waals surface area contributed by atoms with Gasteiger partial charge >= 0.3 is 6.03 Å². The van der Waals surface area contributed by atoms with E-state index in [2.05, 4.69) is 16.3 Å². The first-order chi connectivity index (χ1) is 15.6. The Morgan fingerprint density at radius 2 is 1.91 bits per heavy atom. The fourth-order valence-electron chi connectivity index (χ4n) is 4.12. The van der Waals surface area contributed by atoms with Gasteiger partial charge in [-0.05, 0) is 37.1 Å². The molecule has 8 heteroatoms. The van der Waals surface area contributed by atoms with Crippen LogP contribution >= 0.6 is 0 Å². The second-order valence-corrected chi connectivity index (χ2v) is 7.94. The maximum atomic E-state index is 12.8. The van der Waals surface area contributed by atoms with E-state index in [1.54, 1.807) is 0 Å². The van der Waals surface area contributed by atoms with Crippen molar-refractivity contribution < 1.29 is 14.3 Å². The number of aryl methyl sites for hydroxylation is 1. The molecular weight excluding hydrogens is 406 g/mol. The molecule has 2 aliphatic rings. The van der Waals surface area contributed by atoms with Crippen molar-refractivity contribution in [1.82, 2.24) is 9.88 Å². The number of urea groups is 1. The van der Waals surface area contributed by atoms with Crippen LogP contribution in [0.5, 0.6) is 11.5 Å². The number of nitrogens with zero attached hydrogens (tertiary/aromatic N) is 4. The molecule has 1 N–H and O–H groups in total. The minimum atomic E-state index is -0.110. The molecule has 0 atom stereocenters. The highest BCUT2D eigenvalue weighted by Crippen LogP contribution is 2.37. The zero-order chi connectivity index (χ0) is 22.1. The predicted molar refractivity (Wildman–Crippen MR) is 121 cm³/mol. The van der Waals surface area contributed by atoms with E-state index < -0.39 is 0 Å². The normalized spacial score (nSPS) is 15.4. The summed E-state index contributed by atoms with van der Waals surface area (Å²) in [6.07, 6.45) is 0.785. The molecule has 2 amide bonds. The third-order valence-corrected chi connectivity index (χ3v) is 5.88. The molecular formula is C24H23N5O3. The Bertz CT molecular complexity index is 1240. The van der Waals surface area contributed by atoms with Gasteiger partial charge in [-0.25, -0.2) is 9.78 Å². The number of carbonyl (C=O) groups is 1. The fraction of sp³-hybridized carbons (Fsp3) is 0.292. The SMILES string of the molecule is Cc1ccccc1NC(=O)N1CCCN(c2nc3cc4c(cc3cc2C#N)OCO4)CC1. The summed E-state index contributed by atoms with van der Waals surface area (Å²) in [5, 5.41) is 13.6. The van der Waals surface area contributed by atoms with Crippen LogP contribution in [0, 0.1) is 18.3 Å². The Labute approximate surface area is 186 Å². The zero-order valence-electron chi connectivity index (χ0n) is 17.8. The number of benzene rings is 2. The van der Waals surface area contributed by atoms with Crippen molar-refractivity contribution in [3.8, 4) is 17.6 Å². The van der Waals surface area contributed by atoms with Crippen LogP contribution < -0.4 is 19.7 Å². The van der Waals surface area contributed by atoms with Gasteiger partial charge in [0.2, 0.25) is 6.79 Å². The molecule has 1 fully saturated rings. The van der Waals surface area contributed by atoms with E-state index in [-0.39, 0.29) is 12.8 Å². The van der Waals surface area contributed by atoms with Crippen LogP contribution in [0.4, 0.5) is 16.3 Å². The molecule has 1 aromatic heterocycles. The molecule has 8 nitrogen and oxygen atoms in total. The number of fused-ring (bicyclic) bond motifs is 2. The molecule has 0 bridgehead atoms. The van der Waals surface area contributed by atoms with Crippen molar-refractivity contribution >= 4 is 28.4 Å². The van der Waals surface area contributed by atoms with Crippen molar-refractivity contribution in [2.24, 2.45) is 0 Å². The number of nitrogens with one attached hydrogen (secondary N) is 1. The van der Waals surface area contributed by atoms with Crippen LogP contribution in [0.15, 0.2) is 42.5 Å². The van der Waals surface area contributed by atoms with Crippen LogP contribution in [-0.2, 0) is 0 Å². The molecule has 162 valence electrons. The minimum Gasteiger partial charge on any atom is -0.454 e. The third kappa shape index (κ3) is 3.73. The highest BCUT2D eigenvalue weighted by molar-refractivity contribution is 5.90. The molecule has 5 rings (SSSR count). The molecule has 2 aromatic carbocycles. The van der Waals surface area contributed by atoms with E-state index in [0.29, 0.717) is 49.1 Å². The van der Waals surface area contributed by atoms with Gasteiger partial charge in [0.1, 0.15) is 11.9 Å². The monoisotopic (exact) mass is 429 g/mol. The van der Waals surface area contributed by atoms with Crippen LogP contribution in [-0.4, -0.2) is 48.9 Å². The minimum absolute atomic E-state index is 0.110. The van der Waals surface area contributed by atoms with Crippen LogP contribution in [0.2, 0.25) is 0 Å². The third-order valence-electron chi connectivity index (χ3n) is 5.88. The summed E-state index contributed by atoms with van der Waals surface area (Å²) in [6.45, 7) is 4.66. The maximum Gasteiger partial charge on any atom is 0.321 e. The Morgan fingerprint density at radius 3 is 2.72 bits per heavy atom. The molecule has 0 radical (unpaired) electrons. The predicted octanol–water partition coefficient (Wildman–Crippen LogP) is 3.89. The van der Waals surface area contributed by atoms with Crippen molar-refractivity contribution in [2.75, 3.05) is 43.2 Å². The van der Waals surface area contributed by atoms with Gasteiger partial charge in [0.15, 0.2) is 11.5 Å². The molecule has 1 saturated heterocycles. The van der Waals surface area contributed by atoms with E-state index >= 15 is 0 Å². The second-order valence-electron chi connectivity index (χ2n) is 7.94. The van der Waals surface area contributed by atoms with E-state index in [0.717, 1.165) is 28.6 Å². The smallest absolute Gasteiger partial charge is 0.321 e. The van der Waals surface area contributed by atoms with Gasteiger partial charge in [-0.1, -0.05) is 18.2 Å². The lowest BCUT2D eigenvalue weighted by atomic mass is 10.1. The molecule has 0 spiro atoms. The quantitative estimate of drug-likeness (QED) is 0.665. The van der Waals surface area contributed by atoms with Crippen LogP contribution in [0.3, 0.4) is 0 Å². The van der Waals surface area contributed by atoms with Gasteiger partial charge < -0.3 is 24.6 Å². The Morgan fingerprint density at radius 1 is 1.09 bits per heavy atom. The number of ether oxygens (including phenoxy) is 2. The highest BCUT2D eigenvalue weighted by atomic mass is 16.7. The van der Waals surface area contributed by atoms with Gasteiger partial charge in [0.25, 0.3) is 0 Å². The average Bonchev–Trinajstić information content (AvgIpc) is 3.11. The summed E-state index contributed by atoms with van der Waals surface area (Å²) in [4.78, 5) is 21.5. The maximum absolute atomic E-state index is 12.8. The first kappa shape index (κ1) is 19.9. The second kappa shape index (κ2) is 8.27. The largest absolute Gasteiger partial charge is 0.454 e. The van der Waals surface area contributed by atoms with Gasteiger partial charge in [0, 0.05) is 43.3 Å². The molecule has 0 unspecified atom stereocenters. The number of carbonyl (C=O) groups excluding carboxylic acids is 1. The van der Waals surface area contributed by atoms with E-state index in [1.807, 2.05) is 54.3 Å². The molecule has 0 aliphatic carbocycles. The fourth-order valence-corrected chi connectivity index (χ4v) is 4.12. The Hall–Kier alpha value is -3.99. The number of para-hydroxylation sites is 1. The van der Waals surface area contributed by atoms with E-state index in [4.69, 9.17) is 14.5 Å². The number of amides is 2. The summed E-state index contributed by atoms with van der Waals surface area (Å²) in [7, 11) is 0. The lowest BCUT2D eigenvalue weighted by Gasteiger charge is -2.24. The van der Waals surface area contributed by atoms with E-state index in [9.17, 15) is 10.1 Å². The Kier molecular flexibility index (Phi) is 5.15. The zero-order valence-corrected chi connectivity index (χ0v) is 17.8. The number of hydrogen-bond acceptors (Lipinski definition) is 6. The van der Waals surface area contributed by atoms with Crippen molar-refractivity contribution in [3.05, 3.63) is 53.6 Å². The van der Waals surface area contributed by atoms with E-state index in [1.165, 1.54) is 0 Å². The molecule has 2 aliphatic heterocycles. The molecule has 3 aromatic rings. The van der Waals surface area contributed by atoms with Gasteiger partial charge in [-0.3, -0.25) is 0 Å². The number of rotatable bonds is 2. The van der Waals surface area contributed by atoms with Gasteiger partial charge in [-0.2, -0.15) is 5.26 Å². The van der Waals surface area contributed by atoms with Gasteiger partial charge in [-0.15, -0.1) is 0 Å². The molecule has 32 heavy (non-hydrogen) atoms. The van der Waals surface area contributed by atoms with Crippen LogP contribution in [0.25, 0.3) is 10.9 Å². The summed E-state index contributed by atoms with van der Waals surface area (Å²) in [6, 6.07) is 15.5. The highest BCUT2D eigenvalue weighted by Gasteiger charge is 2.23. The van der Waals surface area contributed by atoms with Crippen molar-refractivity contribution in [1.29, 1.82) is 5.26 Å². The lowest BCUT2D eigenvalue weighted by Crippen LogP contribution is -2.38.